The van der Waals surface area contributed by atoms with E-state index >= 15 is 0 Å². The van der Waals surface area contributed by atoms with Crippen molar-refractivity contribution in [1.82, 2.24) is 9.97 Å². The summed E-state index contributed by atoms with van der Waals surface area (Å²) in [5.41, 5.74) is 0.874. The molecule has 0 aliphatic rings. The van der Waals surface area contributed by atoms with Crippen molar-refractivity contribution < 1.29 is 9.84 Å². The lowest BCUT2D eigenvalue weighted by Crippen LogP contribution is -2.13. The number of aliphatic hydroxyl groups excluding tert-OH is 1. The Morgan fingerprint density at radius 1 is 1.14 bits per heavy atom. The first kappa shape index (κ1) is 16.5. The zero-order valence-corrected chi connectivity index (χ0v) is 13.2. The average Bonchev–Trinajstić information content (AvgIpc) is 2.52. The number of nitrogens with one attached hydrogen (secondary N) is 2. The van der Waals surface area contributed by atoms with E-state index in [4.69, 9.17) is 9.84 Å². The molecule has 2 rings (SSSR count). The van der Waals surface area contributed by atoms with Gasteiger partial charge in [-0.15, -0.1) is 0 Å². The summed E-state index contributed by atoms with van der Waals surface area (Å²) in [5, 5.41) is 16.3. The fourth-order valence-corrected chi connectivity index (χ4v) is 2.06. The highest BCUT2D eigenvalue weighted by molar-refractivity contribution is 5.89. The molecule has 1 aromatic carbocycles. The van der Waals surface area contributed by atoms with E-state index in [-0.39, 0.29) is 12.7 Å². The predicted octanol–water partition coefficient (Wildman–Crippen LogP) is 2.26. The maximum atomic E-state index is 8.98. The lowest BCUT2D eigenvalue weighted by atomic mass is 10.2. The second-order valence-corrected chi connectivity index (χ2v) is 5.26. The lowest BCUT2D eigenvalue weighted by Gasteiger charge is -2.11. The Morgan fingerprint density at radius 2 is 1.95 bits per heavy atom. The summed E-state index contributed by atoms with van der Waals surface area (Å²) in [7, 11) is 0. The van der Waals surface area contributed by atoms with Gasteiger partial charge >= 0.3 is 0 Å². The molecule has 120 valence electrons. The molecule has 1 heterocycles. The van der Waals surface area contributed by atoms with Crippen LogP contribution in [0.3, 0.4) is 0 Å². The van der Waals surface area contributed by atoms with Crippen molar-refractivity contribution in [3.8, 4) is 0 Å². The Hall–Kier alpha value is -1.92. The van der Waals surface area contributed by atoms with Crippen molar-refractivity contribution in [2.24, 2.45) is 0 Å². The highest BCUT2D eigenvalue weighted by Crippen LogP contribution is 2.21. The van der Waals surface area contributed by atoms with Gasteiger partial charge in [0.1, 0.15) is 5.82 Å². The van der Waals surface area contributed by atoms with E-state index in [9.17, 15) is 0 Å². The summed E-state index contributed by atoms with van der Waals surface area (Å²) in [5.74, 6) is 1.32. The van der Waals surface area contributed by atoms with Crippen LogP contribution in [-0.4, -0.2) is 47.5 Å². The van der Waals surface area contributed by atoms with Crippen LogP contribution >= 0.6 is 0 Å². The van der Waals surface area contributed by atoms with Crippen LogP contribution in [0.1, 0.15) is 20.3 Å². The first-order valence-electron chi connectivity index (χ1n) is 7.67. The van der Waals surface area contributed by atoms with Crippen molar-refractivity contribution in [3.05, 3.63) is 24.3 Å². The fraction of sp³-hybridized carbons (Fsp3) is 0.500. The van der Waals surface area contributed by atoms with Crippen molar-refractivity contribution in [3.63, 3.8) is 0 Å². The Morgan fingerprint density at radius 3 is 2.73 bits per heavy atom. The number of benzene rings is 1. The van der Waals surface area contributed by atoms with Crippen molar-refractivity contribution in [1.29, 1.82) is 0 Å². The standard InChI is InChI=1S/C16H24N4O2/c1-12(2)22-11-5-8-18-16-19-14-7-4-3-6-13(14)15(20-16)17-9-10-21/h3-4,6-7,12,21H,5,8-11H2,1-2H3,(H2,17,18,19,20). The maximum Gasteiger partial charge on any atom is 0.225 e. The number of aromatic nitrogens is 2. The van der Waals surface area contributed by atoms with Crippen LogP contribution in [0.15, 0.2) is 24.3 Å². The zero-order chi connectivity index (χ0) is 15.8. The van der Waals surface area contributed by atoms with E-state index < -0.39 is 0 Å². The number of nitrogens with zero attached hydrogens (tertiary/aromatic N) is 2. The van der Waals surface area contributed by atoms with Gasteiger partial charge in [-0.05, 0) is 32.4 Å². The Bertz CT molecular complexity index is 589. The van der Waals surface area contributed by atoms with Crippen molar-refractivity contribution >= 4 is 22.7 Å². The second-order valence-electron chi connectivity index (χ2n) is 5.26. The van der Waals surface area contributed by atoms with Crippen LogP contribution in [0, 0.1) is 0 Å². The molecule has 0 radical (unpaired) electrons. The molecule has 0 bridgehead atoms. The molecule has 22 heavy (non-hydrogen) atoms. The van der Waals surface area contributed by atoms with Gasteiger partial charge in [-0.2, -0.15) is 4.98 Å². The maximum absolute atomic E-state index is 8.98. The number of fused-ring (bicyclic) bond motifs is 1. The largest absolute Gasteiger partial charge is 0.395 e. The van der Waals surface area contributed by atoms with E-state index in [2.05, 4.69) is 20.6 Å². The van der Waals surface area contributed by atoms with E-state index in [0.717, 1.165) is 29.7 Å². The van der Waals surface area contributed by atoms with Gasteiger partial charge in [-0.1, -0.05) is 12.1 Å². The first-order valence-corrected chi connectivity index (χ1v) is 7.67. The van der Waals surface area contributed by atoms with E-state index in [1.165, 1.54) is 0 Å². The molecule has 2 aromatic rings. The van der Waals surface area contributed by atoms with Gasteiger partial charge in [0.2, 0.25) is 5.95 Å². The lowest BCUT2D eigenvalue weighted by molar-refractivity contribution is 0.0787. The average molecular weight is 304 g/mol. The predicted molar refractivity (Wildman–Crippen MR) is 89.3 cm³/mol. The third-order valence-electron chi connectivity index (χ3n) is 3.06. The Balaban J connectivity index is 2.03. The number of anilines is 2. The molecule has 0 amide bonds. The normalized spacial score (nSPS) is 11.1. The summed E-state index contributed by atoms with van der Waals surface area (Å²) in [4.78, 5) is 9.00. The van der Waals surface area contributed by atoms with Crippen LogP contribution < -0.4 is 10.6 Å². The van der Waals surface area contributed by atoms with Gasteiger partial charge in [0, 0.05) is 25.1 Å². The molecule has 0 aliphatic heterocycles. The Labute approximate surface area is 130 Å². The highest BCUT2D eigenvalue weighted by Gasteiger charge is 2.06. The molecule has 1 aromatic heterocycles. The molecule has 0 saturated heterocycles. The van der Waals surface area contributed by atoms with E-state index in [0.29, 0.717) is 19.1 Å². The van der Waals surface area contributed by atoms with E-state index in [1.807, 2.05) is 38.1 Å². The van der Waals surface area contributed by atoms with Crippen LogP contribution in [0.25, 0.3) is 10.9 Å². The Kier molecular flexibility index (Phi) is 6.36. The van der Waals surface area contributed by atoms with Crippen LogP contribution in [-0.2, 0) is 4.74 Å². The molecule has 0 fully saturated rings. The number of rotatable bonds is 9. The van der Waals surface area contributed by atoms with Gasteiger partial charge in [0.15, 0.2) is 0 Å². The van der Waals surface area contributed by atoms with Gasteiger partial charge in [0.05, 0.1) is 18.2 Å². The van der Waals surface area contributed by atoms with Gasteiger partial charge < -0.3 is 20.5 Å². The number of hydrogen-bond acceptors (Lipinski definition) is 6. The second kappa shape index (κ2) is 8.51. The topological polar surface area (TPSA) is 79.3 Å². The van der Waals surface area contributed by atoms with Gasteiger partial charge in [-0.3, -0.25) is 0 Å². The zero-order valence-electron chi connectivity index (χ0n) is 13.2. The summed E-state index contributed by atoms with van der Waals surface area (Å²) in [6.07, 6.45) is 1.15. The fourth-order valence-electron chi connectivity index (χ4n) is 2.06. The molecule has 0 atom stereocenters. The summed E-state index contributed by atoms with van der Waals surface area (Å²) < 4.78 is 5.51. The van der Waals surface area contributed by atoms with Crippen molar-refractivity contribution in [2.45, 2.75) is 26.4 Å². The SMILES string of the molecule is CC(C)OCCCNc1nc(NCCO)c2ccccc2n1. The van der Waals surface area contributed by atoms with Gasteiger partial charge in [-0.25, -0.2) is 4.98 Å². The molecule has 0 saturated carbocycles. The molecule has 3 N–H and O–H groups in total. The third-order valence-corrected chi connectivity index (χ3v) is 3.06. The minimum absolute atomic E-state index is 0.0631. The number of hydrogen-bond donors (Lipinski definition) is 3. The minimum Gasteiger partial charge on any atom is -0.395 e. The molecule has 6 nitrogen and oxygen atoms in total. The molecule has 6 heteroatoms. The van der Waals surface area contributed by atoms with Crippen LogP contribution in [0.4, 0.5) is 11.8 Å². The summed E-state index contributed by atoms with van der Waals surface area (Å²) >= 11 is 0. The number of aliphatic hydroxyl groups is 1. The highest BCUT2D eigenvalue weighted by atomic mass is 16.5. The smallest absolute Gasteiger partial charge is 0.225 e. The molecule has 0 aliphatic carbocycles. The van der Waals surface area contributed by atoms with Crippen LogP contribution in [0.2, 0.25) is 0 Å². The number of ether oxygens (including phenoxy) is 1. The summed E-state index contributed by atoms with van der Waals surface area (Å²) in [6.45, 7) is 6.05. The molecule has 0 spiro atoms. The minimum atomic E-state index is 0.0631. The molecular formula is C16H24N4O2. The molecular weight excluding hydrogens is 280 g/mol. The summed E-state index contributed by atoms with van der Waals surface area (Å²) in [6, 6.07) is 7.82. The molecule has 0 unspecified atom stereocenters. The number of para-hydroxylation sites is 1. The van der Waals surface area contributed by atoms with Gasteiger partial charge in [0.25, 0.3) is 0 Å². The van der Waals surface area contributed by atoms with Crippen molar-refractivity contribution in [2.75, 3.05) is 36.9 Å². The van der Waals surface area contributed by atoms with E-state index in [1.54, 1.807) is 0 Å². The first-order chi connectivity index (χ1) is 10.7. The monoisotopic (exact) mass is 304 g/mol. The van der Waals surface area contributed by atoms with Crippen LogP contribution in [0.5, 0.6) is 0 Å². The quantitative estimate of drug-likeness (QED) is 0.617. The third kappa shape index (κ3) is 4.82.